The Morgan fingerprint density at radius 3 is 2.88 bits per heavy atom. The molecule has 0 spiro atoms. The van der Waals surface area contributed by atoms with Crippen molar-refractivity contribution in [3.8, 4) is 5.75 Å². The maximum absolute atomic E-state index is 11.4. The van der Waals surface area contributed by atoms with Gasteiger partial charge in [-0.1, -0.05) is 0 Å². The molecule has 0 bridgehead atoms. The SMILES string of the molecule is NOc1cc2nc[nH]c(=O)c2cc1[N+](=O)[O-]. The number of hydrogen-bond acceptors (Lipinski definition) is 6. The number of nitrogens with zero attached hydrogens (tertiary/aromatic N) is 2. The molecule has 0 unspecified atom stereocenters. The minimum Gasteiger partial charge on any atom is -0.404 e. The zero-order valence-corrected chi connectivity index (χ0v) is 7.84. The zero-order valence-electron chi connectivity index (χ0n) is 7.84. The Labute approximate surface area is 87.8 Å². The van der Waals surface area contributed by atoms with E-state index in [9.17, 15) is 14.9 Å². The summed E-state index contributed by atoms with van der Waals surface area (Å²) in [5.74, 6) is 4.76. The number of H-pyrrole nitrogens is 1. The lowest BCUT2D eigenvalue weighted by molar-refractivity contribution is -0.385. The van der Waals surface area contributed by atoms with Crippen molar-refractivity contribution >= 4 is 16.6 Å². The molecule has 2 aromatic rings. The Hall–Kier alpha value is -2.48. The average Bonchev–Trinajstić information content (AvgIpc) is 2.27. The van der Waals surface area contributed by atoms with Crippen molar-refractivity contribution < 1.29 is 9.76 Å². The number of rotatable bonds is 2. The van der Waals surface area contributed by atoms with E-state index < -0.39 is 10.5 Å². The molecule has 2 rings (SSSR count). The van der Waals surface area contributed by atoms with Crippen molar-refractivity contribution in [1.29, 1.82) is 0 Å². The molecule has 1 aromatic carbocycles. The van der Waals surface area contributed by atoms with Gasteiger partial charge in [-0.05, 0) is 0 Å². The fraction of sp³-hybridized carbons (Fsp3) is 0. The fourth-order valence-corrected chi connectivity index (χ4v) is 1.32. The lowest BCUT2D eigenvalue weighted by Gasteiger charge is -2.01. The van der Waals surface area contributed by atoms with Gasteiger partial charge in [-0.3, -0.25) is 14.9 Å². The van der Waals surface area contributed by atoms with Crippen LogP contribution in [0.5, 0.6) is 5.75 Å². The van der Waals surface area contributed by atoms with Crippen molar-refractivity contribution in [2.24, 2.45) is 5.90 Å². The van der Waals surface area contributed by atoms with E-state index in [1.54, 1.807) is 0 Å². The summed E-state index contributed by atoms with van der Waals surface area (Å²) in [4.78, 5) is 31.9. The summed E-state index contributed by atoms with van der Waals surface area (Å²) in [6.45, 7) is 0. The molecule has 1 heterocycles. The second-order valence-corrected chi connectivity index (χ2v) is 2.94. The van der Waals surface area contributed by atoms with Crippen LogP contribution in [0.2, 0.25) is 0 Å². The van der Waals surface area contributed by atoms with Gasteiger partial charge in [0.05, 0.1) is 22.2 Å². The quantitative estimate of drug-likeness (QED) is 0.547. The van der Waals surface area contributed by atoms with E-state index in [0.717, 1.165) is 6.07 Å². The molecule has 0 aliphatic carbocycles. The third-order valence-electron chi connectivity index (χ3n) is 2.04. The number of aromatic amines is 1. The number of nitrogens with two attached hydrogens (primary N) is 1. The summed E-state index contributed by atoms with van der Waals surface area (Å²) >= 11 is 0. The second-order valence-electron chi connectivity index (χ2n) is 2.94. The summed E-state index contributed by atoms with van der Waals surface area (Å²) in [7, 11) is 0. The van der Waals surface area contributed by atoms with Crippen LogP contribution in [0.15, 0.2) is 23.3 Å². The van der Waals surface area contributed by atoms with Crippen LogP contribution in [0.25, 0.3) is 10.9 Å². The largest absolute Gasteiger partial charge is 0.404 e. The molecule has 0 atom stereocenters. The van der Waals surface area contributed by atoms with E-state index in [1.807, 2.05) is 0 Å². The van der Waals surface area contributed by atoms with Crippen LogP contribution in [0, 0.1) is 10.1 Å². The lowest BCUT2D eigenvalue weighted by Crippen LogP contribution is -2.09. The molecule has 0 aliphatic heterocycles. The molecule has 0 radical (unpaired) electrons. The zero-order chi connectivity index (χ0) is 11.7. The Bertz CT molecular complexity index is 621. The smallest absolute Gasteiger partial charge is 0.314 e. The maximum Gasteiger partial charge on any atom is 0.314 e. The molecule has 0 aliphatic rings. The van der Waals surface area contributed by atoms with Crippen LogP contribution < -0.4 is 16.3 Å². The van der Waals surface area contributed by atoms with Gasteiger partial charge >= 0.3 is 5.69 Å². The molecular weight excluding hydrogens is 216 g/mol. The van der Waals surface area contributed by atoms with E-state index in [2.05, 4.69) is 14.8 Å². The van der Waals surface area contributed by atoms with E-state index in [1.165, 1.54) is 12.4 Å². The monoisotopic (exact) mass is 222 g/mol. The molecule has 82 valence electrons. The first kappa shape index (κ1) is 10.1. The summed E-state index contributed by atoms with van der Waals surface area (Å²) < 4.78 is 0. The van der Waals surface area contributed by atoms with E-state index in [4.69, 9.17) is 5.90 Å². The third-order valence-corrected chi connectivity index (χ3v) is 2.04. The maximum atomic E-state index is 11.4. The molecule has 1 aromatic heterocycles. The molecule has 3 N–H and O–H groups in total. The molecule has 0 saturated heterocycles. The van der Waals surface area contributed by atoms with Gasteiger partial charge in [0.15, 0.2) is 0 Å². The topological polar surface area (TPSA) is 124 Å². The molecule has 0 fully saturated rings. The number of nitrogens with one attached hydrogen (secondary N) is 1. The van der Waals surface area contributed by atoms with Gasteiger partial charge in [0.1, 0.15) is 0 Å². The number of fused-ring (bicyclic) bond motifs is 1. The van der Waals surface area contributed by atoms with Gasteiger partial charge in [0, 0.05) is 12.1 Å². The van der Waals surface area contributed by atoms with Gasteiger partial charge in [-0.25, -0.2) is 4.98 Å². The van der Waals surface area contributed by atoms with Gasteiger partial charge in [-0.15, -0.1) is 0 Å². The molecule has 0 saturated carbocycles. The minimum atomic E-state index is -0.686. The molecular formula is C8H6N4O4. The van der Waals surface area contributed by atoms with E-state index >= 15 is 0 Å². The summed E-state index contributed by atoms with van der Waals surface area (Å²) in [6.07, 6.45) is 1.19. The van der Waals surface area contributed by atoms with Crippen molar-refractivity contribution in [2.45, 2.75) is 0 Å². The lowest BCUT2D eigenvalue weighted by atomic mass is 10.2. The minimum absolute atomic E-state index is 0.106. The Morgan fingerprint density at radius 2 is 2.25 bits per heavy atom. The number of nitro groups is 1. The first-order chi connectivity index (χ1) is 7.63. The molecule has 8 nitrogen and oxygen atoms in total. The Balaban J connectivity index is 2.86. The average molecular weight is 222 g/mol. The second kappa shape index (κ2) is 3.59. The van der Waals surface area contributed by atoms with Crippen molar-refractivity contribution in [2.75, 3.05) is 0 Å². The van der Waals surface area contributed by atoms with Crippen LogP contribution in [0.4, 0.5) is 5.69 Å². The van der Waals surface area contributed by atoms with Gasteiger partial charge in [-0.2, -0.15) is 5.90 Å². The summed E-state index contributed by atoms with van der Waals surface area (Å²) in [6, 6.07) is 2.31. The predicted molar refractivity (Wildman–Crippen MR) is 53.8 cm³/mol. The van der Waals surface area contributed by atoms with Crippen molar-refractivity contribution in [1.82, 2.24) is 9.97 Å². The van der Waals surface area contributed by atoms with Gasteiger partial charge in [0.25, 0.3) is 5.56 Å². The highest BCUT2D eigenvalue weighted by atomic mass is 16.6. The number of hydrogen-bond donors (Lipinski definition) is 2. The first-order valence-corrected chi connectivity index (χ1v) is 4.16. The van der Waals surface area contributed by atoms with Gasteiger partial charge in [0.2, 0.25) is 5.75 Å². The van der Waals surface area contributed by atoms with Crippen LogP contribution in [-0.2, 0) is 0 Å². The number of nitro benzene ring substituents is 1. The summed E-state index contributed by atoms with van der Waals surface area (Å²) in [5, 5.41) is 10.8. The Kier molecular flexibility index (Phi) is 2.25. The highest BCUT2D eigenvalue weighted by molar-refractivity contribution is 5.82. The molecule has 8 heteroatoms. The van der Waals surface area contributed by atoms with Crippen LogP contribution >= 0.6 is 0 Å². The van der Waals surface area contributed by atoms with Crippen LogP contribution in [0.3, 0.4) is 0 Å². The Morgan fingerprint density at radius 1 is 1.50 bits per heavy atom. The summed E-state index contributed by atoms with van der Waals surface area (Å²) in [5.41, 5.74) is -0.569. The first-order valence-electron chi connectivity index (χ1n) is 4.16. The standard InChI is InChI=1S/C8H6N4O4/c9-16-7-2-5-4(1-6(7)12(14)15)8(13)11-3-10-5/h1-3H,9H2,(H,10,11,13). The van der Waals surface area contributed by atoms with Crippen molar-refractivity contribution in [3.63, 3.8) is 0 Å². The van der Waals surface area contributed by atoms with Crippen LogP contribution in [0.1, 0.15) is 0 Å². The van der Waals surface area contributed by atoms with Gasteiger partial charge < -0.3 is 9.82 Å². The predicted octanol–water partition coefficient (Wildman–Crippen LogP) is 0.0838. The normalized spacial score (nSPS) is 10.3. The highest BCUT2D eigenvalue weighted by Crippen LogP contribution is 2.28. The molecule has 0 amide bonds. The van der Waals surface area contributed by atoms with Crippen molar-refractivity contribution in [3.05, 3.63) is 38.9 Å². The number of aromatic nitrogens is 2. The molecule has 16 heavy (non-hydrogen) atoms. The van der Waals surface area contributed by atoms with Crippen LogP contribution in [-0.4, -0.2) is 14.9 Å². The van der Waals surface area contributed by atoms with E-state index in [-0.39, 0.29) is 22.3 Å². The fourth-order valence-electron chi connectivity index (χ4n) is 1.32. The highest BCUT2D eigenvalue weighted by Gasteiger charge is 2.18. The van der Waals surface area contributed by atoms with E-state index in [0.29, 0.717) is 0 Å². The number of benzene rings is 1. The third kappa shape index (κ3) is 1.46.